The highest BCUT2D eigenvalue weighted by Gasteiger charge is 2.12. The minimum atomic E-state index is -0.189. The molecule has 2 N–H and O–H groups in total. The SMILES string of the molecule is CNC(C)CNC(=O)c1ccc(CSc2nccn2C)o1. The third-order valence-electron chi connectivity index (χ3n) is 3.07. The van der Waals surface area contributed by atoms with Crippen LogP contribution in [0.3, 0.4) is 0 Å². The van der Waals surface area contributed by atoms with Crippen LogP contribution >= 0.6 is 11.8 Å². The van der Waals surface area contributed by atoms with E-state index in [0.717, 1.165) is 10.9 Å². The number of aryl methyl sites for hydroxylation is 1. The lowest BCUT2D eigenvalue weighted by atomic mass is 10.3. The molecule has 0 saturated heterocycles. The monoisotopic (exact) mass is 308 g/mol. The summed E-state index contributed by atoms with van der Waals surface area (Å²) in [5, 5.41) is 6.80. The van der Waals surface area contributed by atoms with E-state index in [2.05, 4.69) is 15.6 Å². The Bertz CT molecular complexity index is 593. The van der Waals surface area contributed by atoms with Crippen LogP contribution in [0.4, 0.5) is 0 Å². The molecule has 2 rings (SSSR count). The number of amides is 1. The summed E-state index contributed by atoms with van der Waals surface area (Å²) < 4.78 is 7.50. The van der Waals surface area contributed by atoms with Crippen molar-refractivity contribution in [3.8, 4) is 0 Å². The maximum atomic E-state index is 11.9. The largest absolute Gasteiger partial charge is 0.455 e. The molecule has 2 heterocycles. The summed E-state index contributed by atoms with van der Waals surface area (Å²) in [5.41, 5.74) is 0. The Morgan fingerprint density at radius 1 is 1.52 bits per heavy atom. The molecule has 0 fully saturated rings. The van der Waals surface area contributed by atoms with Gasteiger partial charge >= 0.3 is 0 Å². The van der Waals surface area contributed by atoms with Gasteiger partial charge < -0.3 is 19.6 Å². The van der Waals surface area contributed by atoms with Crippen molar-refractivity contribution in [1.82, 2.24) is 20.2 Å². The molecular weight excluding hydrogens is 288 g/mol. The first-order valence-electron chi connectivity index (χ1n) is 6.74. The number of furan rings is 1. The second-order valence-corrected chi connectivity index (χ2v) is 5.72. The van der Waals surface area contributed by atoms with E-state index in [0.29, 0.717) is 18.1 Å². The Balaban J connectivity index is 1.86. The standard InChI is InChI=1S/C14H20N4O2S/c1-10(15-2)8-17-13(19)12-5-4-11(20-12)9-21-14-16-6-7-18(14)3/h4-7,10,15H,8-9H2,1-3H3,(H,17,19). The van der Waals surface area contributed by atoms with Gasteiger partial charge in [-0.15, -0.1) is 0 Å². The van der Waals surface area contributed by atoms with Crippen LogP contribution in [-0.4, -0.2) is 35.1 Å². The van der Waals surface area contributed by atoms with E-state index < -0.39 is 0 Å². The minimum absolute atomic E-state index is 0.189. The van der Waals surface area contributed by atoms with Gasteiger partial charge in [-0.3, -0.25) is 4.79 Å². The lowest BCUT2D eigenvalue weighted by molar-refractivity contribution is 0.0921. The molecule has 2 aromatic rings. The van der Waals surface area contributed by atoms with Gasteiger partial charge in [0.2, 0.25) is 0 Å². The van der Waals surface area contributed by atoms with Gasteiger partial charge in [0, 0.05) is 32.0 Å². The number of hydrogen-bond donors (Lipinski definition) is 2. The molecule has 0 aliphatic carbocycles. The van der Waals surface area contributed by atoms with E-state index in [4.69, 9.17) is 4.42 Å². The van der Waals surface area contributed by atoms with Gasteiger partial charge in [-0.05, 0) is 26.1 Å². The molecule has 0 radical (unpaired) electrons. The fraction of sp³-hybridized carbons (Fsp3) is 0.429. The lowest BCUT2D eigenvalue weighted by Gasteiger charge is -2.10. The van der Waals surface area contributed by atoms with Crippen molar-refractivity contribution in [3.63, 3.8) is 0 Å². The van der Waals surface area contributed by atoms with Gasteiger partial charge in [-0.2, -0.15) is 0 Å². The molecule has 2 aromatic heterocycles. The predicted molar refractivity (Wildman–Crippen MR) is 82.3 cm³/mol. The van der Waals surface area contributed by atoms with Gasteiger partial charge in [0.1, 0.15) is 5.76 Å². The quantitative estimate of drug-likeness (QED) is 0.761. The zero-order valence-corrected chi connectivity index (χ0v) is 13.2. The maximum Gasteiger partial charge on any atom is 0.287 e. The van der Waals surface area contributed by atoms with E-state index in [9.17, 15) is 4.79 Å². The molecule has 0 saturated carbocycles. The van der Waals surface area contributed by atoms with E-state index in [1.54, 1.807) is 24.0 Å². The van der Waals surface area contributed by atoms with Gasteiger partial charge in [-0.25, -0.2) is 4.98 Å². The fourth-order valence-corrected chi connectivity index (χ4v) is 2.47. The number of likely N-dealkylation sites (N-methyl/N-ethyl adjacent to an activating group) is 1. The highest BCUT2D eigenvalue weighted by molar-refractivity contribution is 7.98. The number of carbonyl (C=O) groups excluding carboxylic acids is 1. The number of aromatic nitrogens is 2. The van der Waals surface area contributed by atoms with Crippen molar-refractivity contribution < 1.29 is 9.21 Å². The average Bonchev–Trinajstić information content (AvgIpc) is 3.11. The van der Waals surface area contributed by atoms with Crippen molar-refractivity contribution in [3.05, 3.63) is 36.0 Å². The number of thioether (sulfide) groups is 1. The zero-order valence-electron chi connectivity index (χ0n) is 12.4. The number of nitrogens with zero attached hydrogens (tertiary/aromatic N) is 2. The Kier molecular flexibility index (Phi) is 5.46. The lowest BCUT2D eigenvalue weighted by Crippen LogP contribution is -2.37. The van der Waals surface area contributed by atoms with Gasteiger partial charge in [0.15, 0.2) is 10.9 Å². The highest BCUT2D eigenvalue weighted by Crippen LogP contribution is 2.21. The number of hydrogen-bond acceptors (Lipinski definition) is 5. The van der Waals surface area contributed by atoms with Crippen LogP contribution in [0.2, 0.25) is 0 Å². The molecule has 1 unspecified atom stereocenters. The summed E-state index contributed by atoms with van der Waals surface area (Å²) in [4.78, 5) is 16.1. The molecule has 21 heavy (non-hydrogen) atoms. The van der Waals surface area contributed by atoms with E-state index in [1.807, 2.05) is 37.8 Å². The first-order valence-corrected chi connectivity index (χ1v) is 7.73. The molecule has 0 bridgehead atoms. The van der Waals surface area contributed by atoms with Gasteiger partial charge in [0.05, 0.1) is 5.75 Å². The van der Waals surface area contributed by atoms with Crippen molar-refractivity contribution in [2.75, 3.05) is 13.6 Å². The zero-order chi connectivity index (χ0) is 15.2. The first-order chi connectivity index (χ1) is 10.1. The molecule has 0 aliphatic heterocycles. The van der Waals surface area contributed by atoms with Crippen LogP contribution < -0.4 is 10.6 Å². The van der Waals surface area contributed by atoms with Crippen molar-refractivity contribution >= 4 is 17.7 Å². The molecule has 114 valence electrons. The highest BCUT2D eigenvalue weighted by atomic mass is 32.2. The number of rotatable bonds is 7. The molecule has 1 atom stereocenters. The topological polar surface area (TPSA) is 72.1 Å². The van der Waals surface area contributed by atoms with Crippen LogP contribution in [0.5, 0.6) is 0 Å². The third-order valence-corrected chi connectivity index (χ3v) is 4.15. The third kappa shape index (κ3) is 4.37. The number of carbonyl (C=O) groups is 1. The molecule has 7 heteroatoms. The van der Waals surface area contributed by atoms with Crippen LogP contribution in [0, 0.1) is 0 Å². The van der Waals surface area contributed by atoms with Crippen molar-refractivity contribution in [1.29, 1.82) is 0 Å². The van der Waals surface area contributed by atoms with Crippen LogP contribution in [0.25, 0.3) is 0 Å². The Morgan fingerprint density at radius 2 is 2.33 bits per heavy atom. The predicted octanol–water partition coefficient (Wildman–Crippen LogP) is 1.64. The number of imidazole rings is 1. The summed E-state index contributed by atoms with van der Waals surface area (Å²) in [6.45, 7) is 2.56. The second kappa shape index (κ2) is 7.33. The Hall–Kier alpha value is -1.73. The second-order valence-electron chi connectivity index (χ2n) is 4.78. The summed E-state index contributed by atoms with van der Waals surface area (Å²) in [7, 11) is 3.80. The van der Waals surface area contributed by atoms with Crippen molar-refractivity contribution in [2.24, 2.45) is 7.05 Å². The van der Waals surface area contributed by atoms with Gasteiger partial charge in [0.25, 0.3) is 5.91 Å². The van der Waals surface area contributed by atoms with Crippen LogP contribution in [-0.2, 0) is 12.8 Å². The van der Waals surface area contributed by atoms with Crippen molar-refractivity contribution in [2.45, 2.75) is 23.9 Å². The summed E-state index contributed by atoms with van der Waals surface area (Å²) in [6, 6.07) is 3.75. The number of nitrogens with one attached hydrogen (secondary N) is 2. The van der Waals surface area contributed by atoms with Gasteiger partial charge in [-0.1, -0.05) is 11.8 Å². The smallest absolute Gasteiger partial charge is 0.287 e. The summed E-state index contributed by atoms with van der Waals surface area (Å²) in [5.74, 6) is 1.55. The fourth-order valence-electron chi connectivity index (χ4n) is 1.64. The molecular formula is C14H20N4O2S. The Labute approximate surface area is 128 Å². The summed E-state index contributed by atoms with van der Waals surface area (Å²) in [6.07, 6.45) is 3.65. The first kappa shape index (κ1) is 15.7. The normalized spacial score (nSPS) is 12.3. The van der Waals surface area contributed by atoms with Crippen LogP contribution in [0.15, 0.2) is 34.1 Å². The van der Waals surface area contributed by atoms with E-state index >= 15 is 0 Å². The maximum absolute atomic E-state index is 11.9. The molecule has 0 spiro atoms. The average molecular weight is 308 g/mol. The molecule has 1 amide bonds. The van der Waals surface area contributed by atoms with E-state index in [1.165, 1.54) is 0 Å². The molecule has 6 nitrogen and oxygen atoms in total. The molecule has 0 aliphatic rings. The van der Waals surface area contributed by atoms with E-state index in [-0.39, 0.29) is 11.9 Å². The summed E-state index contributed by atoms with van der Waals surface area (Å²) >= 11 is 1.57. The molecule has 0 aromatic carbocycles. The Morgan fingerprint density at radius 3 is 3.00 bits per heavy atom. The van der Waals surface area contributed by atoms with Crippen LogP contribution in [0.1, 0.15) is 23.2 Å². The minimum Gasteiger partial charge on any atom is -0.455 e.